The summed E-state index contributed by atoms with van der Waals surface area (Å²) in [5, 5.41) is 5.64. The molecule has 0 spiro atoms. The van der Waals surface area contributed by atoms with Crippen LogP contribution < -0.4 is 5.32 Å². The summed E-state index contributed by atoms with van der Waals surface area (Å²) in [6.45, 7) is 8.36. The van der Waals surface area contributed by atoms with Gasteiger partial charge in [-0.2, -0.15) is 0 Å². The summed E-state index contributed by atoms with van der Waals surface area (Å²) in [6.07, 6.45) is 0. The predicted molar refractivity (Wildman–Crippen MR) is 78.0 cm³/mol. The third kappa shape index (κ3) is 3.40. The van der Waals surface area contributed by atoms with Crippen LogP contribution in [0.3, 0.4) is 0 Å². The zero-order valence-electron chi connectivity index (χ0n) is 11.2. The number of aryl methyl sites for hydroxylation is 1. The van der Waals surface area contributed by atoms with Crippen molar-refractivity contribution >= 4 is 11.3 Å². The highest BCUT2D eigenvalue weighted by Crippen LogP contribution is 2.26. The van der Waals surface area contributed by atoms with E-state index < -0.39 is 0 Å². The second-order valence-electron chi connectivity index (χ2n) is 5.24. The van der Waals surface area contributed by atoms with E-state index >= 15 is 0 Å². The average Bonchev–Trinajstić information content (AvgIpc) is 2.83. The fourth-order valence-corrected chi connectivity index (χ4v) is 2.80. The van der Waals surface area contributed by atoms with Gasteiger partial charge in [0, 0.05) is 29.1 Å². The number of aromatic nitrogens is 1. The first-order valence-corrected chi connectivity index (χ1v) is 7.13. The van der Waals surface area contributed by atoms with E-state index in [0.717, 1.165) is 24.5 Å². The molecular formula is C15H20N2S. The average molecular weight is 260 g/mol. The Bertz CT molecular complexity index is 489. The largest absolute Gasteiger partial charge is 0.310 e. The van der Waals surface area contributed by atoms with Crippen molar-refractivity contribution in [3.63, 3.8) is 0 Å². The van der Waals surface area contributed by atoms with Crippen LogP contribution >= 0.6 is 11.3 Å². The smallest absolute Gasteiger partial charge is 0.0544 e. The van der Waals surface area contributed by atoms with Crippen molar-refractivity contribution < 1.29 is 0 Å². The summed E-state index contributed by atoms with van der Waals surface area (Å²) in [5.74, 6) is 0. The normalized spacial score (nSPS) is 11.7. The third-order valence-electron chi connectivity index (χ3n) is 3.01. The highest BCUT2D eigenvalue weighted by atomic mass is 32.1. The minimum atomic E-state index is 0.179. The lowest BCUT2D eigenvalue weighted by Gasteiger charge is -2.23. The quantitative estimate of drug-likeness (QED) is 0.889. The van der Waals surface area contributed by atoms with Crippen molar-refractivity contribution in [1.29, 1.82) is 0 Å². The summed E-state index contributed by atoms with van der Waals surface area (Å²) < 4.78 is 0. The molecule has 2 rings (SSSR count). The molecule has 3 heteroatoms. The second-order valence-corrected chi connectivity index (χ2v) is 6.18. The Kier molecular flexibility index (Phi) is 4.15. The molecule has 2 aromatic heterocycles. The van der Waals surface area contributed by atoms with Gasteiger partial charge in [-0.05, 0) is 30.5 Å². The lowest BCUT2D eigenvalue weighted by molar-refractivity contribution is 0.474. The maximum absolute atomic E-state index is 4.50. The van der Waals surface area contributed by atoms with Gasteiger partial charge in [-0.25, -0.2) is 0 Å². The van der Waals surface area contributed by atoms with E-state index in [9.17, 15) is 0 Å². The van der Waals surface area contributed by atoms with E-state index in [4.69, 9.17) is 0 Å². The van der Waals surface area contributed by atoms with Crippen LogP contribution in [0.25, 0.3) is 0 Å². The Hall–Kier alpha value is -1.19. The number of hydrogen-bond acceptors (Lipinski definition) is 3. The molecule has 0 unspecified atom stereocenters. The molecule has 0 aromatic carbocycles. The van der Waals surface area contributed by atoms with Crippen molar-refractivity contribution in [2.45, 2.75) is 32.7 Å². The van der Waals surface area contributed by atoms with Crippen molar-refractivity contribution in [2.24, 2.45) is 0 Å². The van der Waals surface area contributed by atoms with E-state index in [2.05, 4.69) is 53.8 Å². The number of rotatable bonds is 5. The molecule has 0 amide bonds. The molecule has 0 aliphatic rings. The van der Waals surface area contributed by atoms with Gasteiger partial charge in [0.2, 0.25) is 0 Å². The Labute approximate surface area is 113 Å². The zero-order valence-corrected chi connectivity index (χ0v) is 12.1. The van der Waals surface area contributed by atoms with Crippen LogP contribution in [-0.4, -0.2) is 11.5 Å². The fourth-order valence-electron chi connectivity index (χ4n) is 1.95. The van der Waals surface area contributed by atoms with Gasteiger partial charge in [0.25, 0.3) is 0 Å². The molecule has 18 heavy (non-hydrogen) atoms. The van der Waals surface area contributed by atoms with E-state index in [1.54, 1.807) is 0 Å². The molecule has 1 N–H and O–H groups in total. The minimum absolute atomic E-state index is 0.179. The number of nitrogens with one attached hydrogen (secondary N) is 1. The summed E-state index contributed by atoms with van der Waals surface area (Å²) in [6, 6.07) is 10.5. The summed E-state index contributed by atoms with van der Waals surface area (Å²) in [5.41, 5.74) is 2.36. The zero-order chi connectivity index (χ0) is 13.0. The summed E-state index contributed by atoms with van der Waals surface area (Å²) in [4.78, 5) is 5.92. The van der Waals surface area contributed by atoms with Gasteiger partial charge in [-0.15, -0.1) is 11.3 Å². The van der Waals surface area contributed by atoms with Gasteiger partial charge in [-0.3, -0.25) is 4.98 Å². The van der Waals surface area contributed by atoms with Crippen LogP contribution in [0.2, 0.25) is 0 Å². The molecule has 0 saturated carbocycles. The van der Waals surface area contributed by atoms with Crippen LogP contribution in [-0.2, 0) is 12.0 Å². The van der Waals surface area contributed by atoms with Crippen molar-refractivity contribution in [3.8, 4) is 0 Å². The number of hydrogen-bond donors (Lipinski definition) is 1. The van der Waals surface area contributed by atoms with Gasteiger partial charge < -0.3 is 5.32 Å². The Morgan fingerprint density at radius 1 is 1.22 bits per heavy atom. The molecule has 2 aromatic rings. The van der Waals surface area contributed by atoms with Gasteiger partial charge in [0.1, 0.15) is 0 Å². The summed E-state index contributed by atoms with van der Waals surface area (Å²) >= 11 is 1.82. The standard InChI is InChI=1S/C15H20N2S/c1-12-6-4-7-13(17-12)10-16-11-15(2,3)14-8-5-9-18-14/h4-9,16H,10-11H2,1-3H3. The van der Waals surface area contributed by atoms with Crippen LogP contribution in [0, 0.1) is 6.92 Å². The highest BCUT2D eigenvalue weighted by Gasteiger charge is 2.20. The van der Waals surface area contributed by atoms with Crippen LogP contribution in [0.4, 0.5) is 0 Å². The molecule has 0 aliphatic carbocycles. The van der Waals surface area contributed by atoms with Crippen molar-refractivity contribution in [2.75, 3.05) is 6.54 Å². The second kappa shape index (κ2) is 5.63. The molecule has 0 atom stereocenters. The maximum atomic E-state index is 4.50. The molecule has 0 aliphatic heterocycles. The molecule has 0 fully saturated rings. The van der Waals surface area contributed by atoms with Gasteiger partial charge in [0.15, 0.2) is 0 Å². The summed E-state index contributed by atoms with van der Waals surface area (Å²) in [7, 11) is 0. The van der Waals surface area contributed by atoms with Gasteiger partial charge in [0.05, 0.1) is 5.69 Å². The first-order valence-electron chi connectivity index (χ1n) is 6.25. The molecule has 0 bridgehead atoms. The van der Waals surface area contributed by atoms with Gasteiger partial charge >= 0.3 is 0 Å². The Morgan fingerprint density at radius 2 is 2.06 bits per heavy atom. The SMILES string of the molecule is Cc1cccc(CNCC(C)(C)c2cccs2)n1. The Morgan fingerprint density at radius 3 is 2.72 bits per heavy atom. The first kappa shape index (κ1) is 13.2. The molecule has 0 radical (unpaired) electrons. The van der Waals surface area contributed by atoms with Crippen LogP contribution in [0.1, 0.15) is 30.1 Å². The van der Waals surface area contributed by atoms with Crippen molar-refractivity contribution in [3.05, 3.63) is 52.0 Å². The molecule has 2 nitrogen and oxygen atoms in total. The predicted octanol–water partition coefficient (Wildman–Crippen LogP) is 3.52. The third-order valence-corrected chi connectivity index (χ3v) is 4.24. The van der Waals surface area contributed by atoms with Crippen molar-refractivity contribution in [1.82, 2.24) is 10.3 Å². The van der Waals surface area contributed by atoms with Crippen LogP contribution in [0.15, 0.2) is 35.7 Å². The fraction of sp³-hybridized carbons (Fsp3) is 0.400. The lowest BCUT2D eigenvalue weighted by Crippen LogP contribution is -2.32. The molecular weight excluding hydrogens is 240 g/mol. The lowest BCUT2D eigenvalue weighted by atomic mass is 9.91. The number of pyridine rings is 1. The number of nitrogens with zero attached hydrogens (tertiary/aromatic N) is 1. The molecule has 96 valence electrons. The molecule has 0 saturated heterocycles. The van der Waals surface area contributed by atoms with E-state index in [1.165, 1.54) is 4.88 Å². The monoisotopic (exact) mass is 260 g/mol. The Balaban J connectivity index is 1.89. The highest BCUT2D eigenvalue weighted by molar-refractivity contribution is 7.10. The minimum Gasteiger partial charge on any atom is -0.310 e. The van der Waals surface area contributed by atoms with E-state index in [0.29, 0.717) is 0 Å². The van der Waals surface area contributed by atoms with Crippen LogP contribution in [0.5, 0.6) is 0 Å². The number of thiophene rings is 1. The van der Waals surface area contributed by atoms with E-state index in [-0.39, 0.29) is 5.41 Å². The molecule has 2 heterocycles. The van der Waals surface area contributed by atoms with Gasteiger partial charge in [-0.1, -0.05) is 26.0 Å². The van der Waals surface area contributed by atoms with E-state index in [1.807, 2.05) is 24.3 Å². The first-order chi connectivity index (χ1) is 8.58. The maximum Gasteiger partial charge on any atom is 0.0544 e. The topological polar surface area (TPSA) is 24.9 Å².